The fourth-order valence-electron chi connectivity index (χ4n) is 2.46. The predicted molar refractivity (Wildman–Crippen MR) is 77.6 cm³/mol. The van der Waals surface area contributed by atoms with Gasteiger partial charge in [-0.2, -0.15) is 0 Å². The topological polar surface area (TPSA) is 59.6 Å². The largest absolute Gasteiger partial charge is 0.496 e. The molecule has 2 N–H and O–H groups in total. The number of ether oxygens (including phenoxy) is 2. The summed E-state index contributed by atoms with van der Waals surface area (Å²) < 4.78 is 10.6. The van der Waals surface area contributed by atoms with Gasteiger partial charge < -0.3 is 20.1 Å². The van der Waals surface area contributed by atoms with E-state index in [1.807, 2.05) is 6.92 Å². The molecule has 5 heteroatoms. The number of methoxy groups -OCH3 is 2. The molecule has 1 aromatic rings. The van der Waals surface area contributed by atoms with Crippen LogP contribution in [0.25, 0.3) is 0 Å². The summed E-state index contributed by atoms with van der Waals surface area (Å²) in [6.45, 7) is 3.76. The summed E-state index contributed by atoms with van der Waals surface area (Å²) >= 11 is 0. The maximum atomic E-state index is 12.3. The van der Waals surface area contributed by atoms with Crippen molar-refractivity contribution in [1.82, 2.24) is 10.6 Å². The van der Waals surface area contributed by atoms with Crippen molar-refractivity contribution in [2.24, 2.45) is 0 Å². The first-order valence-electron chi connectivity index (χ1n) is 6.90. The van der Waals surface area contributed by atoms with E-state index in [1.165, 1.54) is 0 Å². The lowest BCUT2D eigenvalue weighted by Gasteiger charge is -2.24. The van der Waals surface area contributed by atoms with Crippen LogP contribution in [0.5, 0.6) is 11.5 Å². The van der Waals surface area contributed by atoms with Crippen LogP contribution in [0.4, 0.5) is 0 Å². The van der Waals surface area contributed by atoms with Gasteiger partial charge in [0, 0.05) is 23.7 Å². The molecule has 1 saturated heterocycles. The number of carbonyl (C=O) groups excluding carboxylic acids is 1. The molecular formula is C15H22N2O3. The standard InChI is InChI=1S/C15H22N2O3/c1-10-13(19-2)7-11(8-14(10)20-3)15(18)17-12-5-4-6-16-9-12/h7-8,12,16H,4-6,9H2,1-3H3,(H,17,18). The number of amides is 1. The molecule has 1 fully saturated rings. The number of hydrogen-bond acceptors (Lipinski definition) is 4. The number of nitrogens with one attached hydrogen (secondary N) is 2. The van der Waals surface area contributed by atoms with Crippen molar-refractivity contribution in [2.45, 2.75) is 25.8 Å². The van der Waals surface area contributed by atoms with Gasteiger partial charge in [-0.15, -0.1) is 0 Å². The van der Waals surface area contributed by atoms with E-state index in [4.69, 9.17) is 9.47 Å². The Hall–Kier alpha value is -1.75. The molecule has 1 unspecified atom stereocenters. The number of piperidine rings is 1. The van der Waals surface area contributed by atoms with Crippen LogP contribution in [0.15, 0.2) is 12.1 Å². The van der Waals surface area contributed by atoms with Crippen LogP contribution in [0.1, 0.15) is 28.8 Å². The summed E-state index contributed by atoms with van der Waals surface area (Å²) in [6, 6.07) is 3.70. The highest BCUT2D eigenvalue weighted by Crippen LogP contribution is 2.29. The van der Waals surface area contributed by atoms with E-state index in [2.05, 4.69) is 10.6 Å². The predicted octanol–water partition coefficient (Wildman–Crippen LogP) is 1.49. The minimum Gasteiger partial charge on any atom is -0.496 e. The molecule has 5 nitrogen and oxygen atoms in total. The Morgan fingerprint density at radius 3 is 2.45 bits per heavy atom. The van der Waals surface area contributed by atoms with E-state index in [9.17, 15) is 4.79 Å². The molecule has 0 aromatic heterocycles. The highest BCUT2D eigenvalue weighted by Gasteiger charge is 2.18. The fraction of sp³-hybridized carbons (Fsp3) is 0.533. The molecule has 0 spiro atoms. The molecule has 0 saturated carbocycles. The van der Waals surface area contributed by atoms with Gasteiger partial charge in [-0.3, -0.25) is 4.79 Å². The lowest BCUT2D eigenvalue weighted by Crippen LogP contribution is -2.45. The van der Waals surface area contributed by atoms with Gasteiger partial charge in [0.2, 0.25) is 0 Å². The van der Waals surface area contributed by atoms with Crippen LogP contribution < -0.4 is 20.1 Å². The van der Waals surface area contributed by atoms with Gasteiger partial charge in [-0.25, -0.2) is 0 Å². The molecule has 1 aliphatic heterocycles. The summed E-state index contributed by atoms with van der Waals surface area (Å²) in [5, 5.41) is 6.33. The molecule has 1 aliphatic rings. The summed E-state index contributed by atoms with van der Waals surface area (Å²) in [6.07, 6.45) is 2.10. The fourth-order valence-corrected chi connectivity index (χ4v) is 2.46. The van der Waals surface area contributed by atoms with Crippen molar-refractivity contribution in [3.05, 3.63) is 23.3 Å². The number of hydrogen-bond donors (Lipinski definition) is 2. The molecule has 0 radical (unpaired) electrons. The molecule has 0 bridgehead atoms. The van der Waals surface area contributed by atoms with E-state index in [0.717, 1.165) is 31.5 Å². The number of rotatable bonds is 4. The lowest BCUT2D eigenvalue weighted by molar-refractivity contribution is 0.0930. The van der Waals surface area contributed by atoms with E-state index in [-0.39, 0.29) is 11.9 Å². The van der Waals surface area contributed by atoms with E-state index in [1.54, 1.807) is 26.4 Å². The second-order valence-electron chi connectivity index (χ2n) is 5.02. The Bertz CT molecular complexity index is 457. The maximum Gasteiger partial charge on any atom is 0.251 e. The Labute approximate surface area is 119 Å². The zero-order valence-electron chi connectivity index (χ0n) is 12.3. The first-order chi connectivity index (χ1) is 9.65. The van der Waals surface area contributed by atoms with Gasteiger partial charge >= 0.3 is 0 Å². The Morgan fingerprint density at radius 2 is 1.95 bits per heavy atom. The smallest absolute Gasteiger partial charge is 0.251 e. The molecule has 20 heavy (non-hydrogen) atoms. The van der Waals surface area contributed by atoms with Crippen molar-refractivity contribution in [2.75, 3.05) is 27.3 Å². The van der Waals surface area contributed by atoms with E-state index < -0.39 is 0 Å². The molecule has 1 atom stereocenters. The van der Waals surface area contributed by atoms with Crippen LogP contribution in [0.2, 0.25) is 0 Å². The van der Waals surface area contributed by atoms with Gasteiger partial charge in [0.05, 0.1) is 14.2 Å². The number of benzene rings is 1. The maximum absolute atomic E-state index is 12.3. The molecule has 1 amide bonds. The molecule has 0 aliphatic carbocycles. The van der Waals surface area contributed by atoms with Crippen LogP contribution in [0, 0.1) is 6.92 Å². The van der Waals surface area contributed by atoms with Gasteiger partial charge in [-0.1, -0.05) is 0 Å². The van der Waals surface area contributed by atoms with Crippen LogP contribution in [-0.4, -0.2) is 39.3 Å². The number of carbonyl (C=O) groups is 1. The Balaban J connectivity index is 2.16. The Kier molecular flexibility index (Phi) is 4.84. The van der Waals surface area contributed by atoms with Crippen LogP contribution in [-0.2, 0) is 0 Å². The Morgan fingerprint density at radius 1 is 1.30 bits per heavy atom. The highest BCUT2D eigenvalue weighted by atomic mass is 16.5. The van der Waals surface area contributed by atoms with Gasteiger partial charge in [0.1, 0.15) is 11.5 Å². The SMILES string of the molecule is COc1cc(C(=O)NC2CCCNC2)cc(OC)c1C. The summed E-state index contributed by atoms with van der Waals surface area (Å²) in [5.74, 6) is 1.24. The normalized spacial score (nSPS) is 18.4. The summed E-state index contributed by atoms with van der Waals surface area (Å²) in [7, 11) is 3.18. The van der Waals surface area contributed by atoms with Gasteiger partial charge in [0.15, 0.2) is 0 Å². The summed E-state index contributed by atoms with van der Waals surface area (Å²) in [5.41, 5.74) is 1.46. The van der Waals surface area contributed by atoms with Crippen molar-refractivity contribution < 1.29 is 14.3 Å². The molecule has 2 rings (SSSR count). The van der Waals surface area contributed by atoms with Crippen LogP contribution >= 0.6 is 0 Å². The molecule has 1 aromatic carbocycles. The van der Waals surface area contributed by atoms with E-state index >= 15 is 0 Å². The van der Waals surface area contributed by atoms with Crippen LogP contribution in [0.3, 0.4) is 0 Å². The lowest BCUT2D eigenvalue weighted by atomic mass is 10.1. The third kappa shape index (κ3) is 3.22. The summed E-state index contributed by atoms with van der Waals surface area (Å²) in [4.78, 5) is 12.3. The quantitative estimate of drug-likeness (QED) is 0.876. The minimum absolute atomic E-state index is 0.0877. The van der Waals surface area contributed by atoms with E-state index in [0.29, 0.717) is 17.1 Å². The highest BCUT2D eigenvalue weighted by molar-refractivity contribution is 5.95. The van der Waals surface area contributed by atoms with Crippen molar-refractivity contribution in [3.8, 4) is 11.5 Å². The minimum atomic E-state index is -0.0877. The molecule has 110 valence electrons. The van der Waals surface area contributed by atoms with Crippen molar-refractivity contribution in [3.63, 3.8) is 0 Å². The first-order valence-corrected chi connectivity index (χ1v) is 6.90. The van der Waals surface area contributed by atoms with Gasteiger partial charge in [0.25, 0.3) is 5.91 Å². The van der Waals surface area contributed by atoms with Gasteiger partial charge in [-0.05, 0) is 38.4 Å². The second-order valence-corrected chi connectivity index (χ2v) is 5.02. The average Bonchev–Trinajstić information content (AvgIpc) is 2.48. The molecular weight excluding hydrogens is 256 g/mol. The average molecular weight is 278 g/mol. The second kappa shape index (κ2) is 6.61. The first kappa shape index (κ1) is 14.7. The van der Waals surface area contributed by atoms with Crippen molar-refractivity contribution >= 4 is 5.91 Å². The third-order valence-corrected chi connectivity index (χ3v) is 3.65. The molecule has 1 heterocycles. The third-order valence-electron chi connectivity index (χ3n) is 3.65. The monoisotopic (exact) mass is 278 g/mol. The zero-order valence-corrected chi connectivity index (χ0v) is 12.3. The van der Waals surface area contributed by atoms with Crippen molar-refractivity contribution in [1.29, 1.82) is 0 Å². The zero-order chi connectivity index (χ0) is 14.5.